The molecule has 0 amide bonds. The molecule has 1 heterocycles. The van der Waals surface area contributed by atoms with Crippen LogP contribution in [0.25, 0.3) is 10.8 Å². The minimum absolute atomic E-state index is 0.0571. The first kappa shape index (κ1) is 22.0. The van der Waals surface area contributed by atoms with E-state index < -0.39 is 10.0 Å². The van der Waals surface area contributed by atoms with Crippen LogP contribution in [-0.2, 0) is 21.4 Å². The van der Waals surface area contributed by atoms with Gasteiger partial charge in [-0.05, 0) is 53.4 Å². The van der Waals surface area contributed by atoms with Gasteiger partial charge in [-0.2, -0.15) is 4.31 Å². The number of sulfonamides is 1. The van der Waals surface area contributed by atoms with Crippen LogP contribution in [0, 0.1) is 0 Å². The fourth-order valence-electron chi connectivity index (χ4n) is 3.78. The number of nitrogens with zero attached hydrogens (tertiary/aromatic N) is 1. The van der Waals surface area contributed by atoms with Crippen LogP contribution in [0.15, 0.2) is 65.6 Å². The first-order valence-electron chi connectivity index (χ1n) is 10.3. The van der Waals surface area contributed by atoms with E-state index in [1.54, 1.807) is 18.2 Å². The molecule has 0 radical (unpaired) electrons. The Morgan fingerprint density at radius 1 is 0.935 bits per heavy atom. The summed E-state index contributed by atoms with van der Waals surface area (Å²) in [7, 11) is -3.55. The standard InChI is InChI=1S/C24H24ClNO4S/c25-23-11-10-22(31(28,29)26-12-4-1-5-13-26)15-21(23)16-30-17-24(27)20-9-8-18-6-2-3-7-19(18)14-20/h2-3,6-11,14-15H,1,4-5,12-13,16-17H2. The lowest BCUT2D eigenvalue weighted by Gasteiger charge is -2.26. The van der Waals surface area contributed by atoms with Gasteiger partial charge in [0, 0.05) is 23.7 Å². The number of carbonyl (C=O) groups excluding carboxylic acids is 1. The second kappa shape index (κ2) is 9.49. The van der Waals surface area contributed by atoms with Gasteiger partial charge in [-0.15, -0.1) is 0 Å². The maximum absolute atomic E-state index is 12.9. The van der Waals surface area contributed by atoms with Crippen molar-refractivity contribution in [1.82, 2.24) is 4.31 Å². The highest BCUT2D eigenvalue weighted by Crippen LogP contribution is 2.25. The quantitative estimate of drug-likeness (QED) is 0.465. The van der Waals surface area contributed by atoms with Crippen molar-refractivity contribution in [3.05, 3.63) is 76.8 Å². The van der Waals surface area contributed by atoms with E-state index in [1.807, 2.05) is 36.4 Å². The number of carbonyl (C=O) groups is 1. The van der Waals surface area contributed by atoms with Gasteiger partial charge in [0.05, 0.1) is 11.5 Å². The Labute approximate surface area is 187 Å². The zero-order valence-electron chi connectivity index (χ0n) is 17.1. The van der Waals surface area contributed by atoms with Crippen LogP contribution in [0.3, 0.4) is 0 Å². The maximum Gasteiger partial charge on any atom is 0.243 e. The van der Waals surface area contributed by atoms with E-state index in [2.05, 4.69) is 0 Å². The number of hydrogen-bond donors (Lipinski definition) is 0. The van der Waals surface area contributed by atoms with Gasteiger partial charge < -0.3 is 4.74 Å². The molecule has 0 saturated carbocycles. The molecule has 3 aromatic rings. The van der Waals surface area contributed by atoms with Gasteiger partial charge in [-0.1, -0.05) is 54.4 Å². The van der Waals surface area contributed by atoms with E-state index in [1.165, 1.54) is 10.4 Å². The monoisotopic (exact) mass is 457 g/mol. The SMILES string of the molecule is O=C(COCc1cc(S(=O)(=O)N2CCCCC2)ccc1Cl)c1ccc2ccccc2c1. The zero-order chi connectivity index (χ0) is 21.8. The van der Waals surface area contributed by atoms with Gasteiger partial charge in [-0.25, -0.2) is 8.42 Å². The molecular formula is C24H24ClNO4S. The Bertz CT molecular complexity index is 1200. The summed E-state index contributed by atoms with van der Waals surface area (Å²) in [5.41, 5.74) is 1.12. The van der Waals surface area contributed by atoms with E-state index in [-0.39, 0.29) is 23.9 Å². The molecule has 1 saturated heterocycles. The van der Waals surface area contributed by atoms with E-state index in [0.29, 0.717) is 29.2 Å². The lowest BCUT2D eigenvalue weighted by molar-refractivity contribution is 0.0726. The molecule has 1 aliphatic rings. The molecule has 162 valence electrons. The van der Waals surface area contributed by atoms with Crippen LogP contribution >= 0.6 is 11.6 Å². The van der Waals surface area contributed by atoms with E-state index >= 15 is 0 Å². The summed E-state index contributed by atoms with van der Waals surface area (Å²) < 4.78 is 32.9. The number of fused-ring (bicyclic) bond motifs is 1. The Kier molecular flexibility index (Phi) is 6.72. The molecule has 0 atom stereocenters. The third kappa shape index (κ3) is 4.99. The first-order valence-corrected chi connectivity index (χ1v) is 12.2. The average Bonchev–Trinajstić information content (AvgIpc) is 2.80. The molecule has 4 rings (SSSR count). The fourth-order valence-corrected chi connectivity index (χ4v) is 5.52. The van der Waals surface area contributed by atoms with Crippen molar-refractivity contribution in [3.8, 4) is 0 Å². The van der Waals surface area contributed by atoms with Gasteiger partial charge in [0.25, 0.3) is 0 Å². The molecule has 3 aromatic carbocycles. The van der Waals surface area contributed by atoms with Gasteiger partial charge >= 0.3 is 0 Å². The summed E-state index contributed by atoms with van der Waals surface area (Å²) in [6.07, 6.45) is 2.80. The van der Waals surface area contributed by atoms with E-state index in [9.17, 15) is 13.2 Å². The third-order valence-electron chi connectivity index (χ3n) is 5.53. The highest BCUT2D eigenvalue weighted by molar-refractivity contribution is 7.89. The number of piperidine rings is 1. The normalized spacial score (nSPS) is 15.3. The van der Waals surface area contributed by atoms with Crippen LogP contribution < -0.4 is 0 Å². The second-order valence-corrected chi connectivity index (χ2v) is 10.0. The van der Waals surface area contributed by atoms with Gasteiger partial charge in [0.1, 0.15) is 6.61 Å². The van der Waals surface area contributed by atoms with E-state index in [4.69, 9.17) is 16.3 Å². The first-order chi connectivity index (χ1) is 14.9. The minimum atomic E-state index is -3.55. The van der Waals surface area contributed by atoms with Gasteiger partial charge in [-0.3, -0.25) is 4.79 Å². The number of ketones is 1. The second-order valence-electron chi connectivity index (χ2n) is 7.70. The summed E-state index contributed by atoms with van der Waals surface area (Å²) in [5.74, 6) is -0.140. The molecule has 7 heteroatoms. The summed E-state index contributed by atoms with van der Waals surface area (Å²) in [4.78, 5) is 12.7. The van der Waals surface area contributed by atoms with Crippen LogP contribution in [0.2, 0.25) is 5.02 Å². The smallest absolute Gasteiger partial charge is 0.243 e. The topological polar surface area (TPSA) is 63.7 Å². The number of hydrogen-bond acceptors (Lipinski definition) is 4. The molecule has 1 fully saturated rings. The lowest BCUT2D eigenvalue weighted by atomic mass is 10.0. The molecule has 0 aromatic heterocycles. The van der Waals surface area contributed by atoms with Crippen molar-refractivity contribution >= 4 is 38.2 Å². The maximum atomic E-state index is 12.9. The predicted molar refractivity (Wildman–Crippen MR) is 122 cm³/mol. The van der Waals surface area contributed by atoms with Crippen molar-refractivity contribution < 1.29 is 17.9 Å². The van der Waals surface area contributed by atoms with Crippen molar-refractivity contribution in [2.45, 2.75) is 30.8 Å². The van der Waals surface area contributed by atoms with Crippen LogP contribution in [-0.4, -0.2) is 38.2 Å². The predicted octanol–water partition coefficient (Wildman–Crippen LogP) is 5.07. The average molecular weight is 458 g/mol. The van der Waals surface area contributed by atoms with Crippen LogP contribution in [0.1, 0.15) is 35.2 Å². The molecule has 0 bridgehead atoms. The number of Topliss-reactive ketones (excluding diaryl/α,β-unsaturated/α-hetero) is 1. The Morgan fingerprint density at radius 2 is 1.68 bits per heavy atom. The molecule has 0 spiro atoms. The molecule has 0 N–H and O–H groups in total. The fraction of sp³-hybridized carbons (Fsp3) is 0.292. The summed E-state index contributed by atoms with van der Waals surface area (Å²) >= 11 is 6.26. The van der Waals surface area contributed by atoms with Crippen molar-refractivity contribution in [2.24, 2.45) is 0 Å². The highest BCUT2D eigenvalue weighted by atomic mass is 35.5. The van der Waals surface area contributed by atoms with Crippen LogP contribution in [0.4, 0.5) is 0 Å². The number of ether oxygens (including phenoxy) is 1. The van der Waals surface area contributed by atoms with E-state index in [0.717, 1.165) is 30.0 Å². The molecular weight excluding hydrogens is 434 g/mol. The van der Waals surface area contributed by atoms with Crippen molar-refractivity contribution in [2.75, 3.05) is 19.7 Å². The Morgan fingerprint density at radius 3 is 2.45 bits per heavy atom. The van der Waals surface area contributed by atoms with Gasteiger partial charge in [0.15, 0.2) is 5.78 Å². The largest absolute Gasteiger partial charge is 0.369 e. The summed E-state index contributed by atoms with van der Waals surface area (Å²) in [6.45, 7) is 1.02. The molecule has 0 aliphatic carbocycles. The summed E-state index contributed by atoms with van der Waals surface area (Å²) in [6, 6.07) is 18.0. The Balaban J connectivity index is 1.43. The summed E-state index contributed by atoms with van der Waals surface area (Å²) in [5, 5.41) is 2.47. The number of rotatable bonds is 7. The lowest BCUT2D eigenvalue weighted by Crippen LogP contribution is -2.35. The van der Waals surface area contributed by atoms with Crippen molar-refractivity contribution in [3.63, 3.8) is 0 Å². The van der Waals surface area contributed by atoms with Crippen LogP contribution in [0.5, 0.6) is 0 Å². The van der Waals surface area contributed by atoms with Crippen molar-refractivity contribution in [1.29, 1.82) is 0 Å². The minimum Gasteiger partial charge on any atom is -0.369 e. The third-order valence-corrected chi connectivity index (χ3v) is 7.80. The molecule has 31 heavy (non-hydrogen) atoms. The molecule has 5 nitrogen and oxygen atoms in total. The number of benzene rings is 3. The van der Waals surface area contributed by atoms with Gasteiger partial charge in [0.2, 0.25) is 10.0 Å². The molecule has 1 aliphatic heterocycles. The molecule has 0 unspecified atom stereocenters. The number of halogens is 1. The Hall–Kier alpha value is -2.25. The zero-order valence-corrected chi connectivity index (χ0v) is 18.7. The highest BCUT2D eigenvalue weighted by Gasteiger charge is 2.26.